The van der Waals surface area contributed by atoms with Gasteiger partial charge in [-0.3, -0.25) is 4.79 Å². The Hall–Kier alpha value is -3.00. The van der Waals surface area contributed by atoms with Crippen LogP contribution in [0.5, 0.6) is 0 Å². The minimum Gasteiger partial charge on any atom is -0.372 e. The number of nitrogens with one attached hydrogen (secondary N) is 2. The monoisotopic (exact) mass is 367 g/mol. The van der Waals surface area contributed by atoms with E-state index in [1.807, 2.05) is 24.7 Å². The van der Waals surface area contributed by atoms with Gasteiger partial charge in [-0.2, -0.15) is 0 Å². The lowest BCUT2D eigenvalue weighted by Gasteiger charge is -2.22. The predicted molar refractivity (Wildman–Crippen MR) is 106 cm³/mol. The first kappa shape index (κ1) is 18.8. The Morgan fingerprint density at radius 2 is 1.85 bits per heavy atom. The van der Waals surface area contributed by atoms with E-state index in [2.05, 4.69) is 55.9 Å². The smallest absolute Gasteiger partial charge is 0.228 e. The number of carbonyl (C=O) groups excluding carboxylic acids is 1. The molecule has 3 aromatic rings. The summed E-state index contributed by atoms with van der Waals surface area (Å²) in [4.78, 5) is 22.0. The summed E-state index contributed by atoms with van der Waals surface area (Å²) in [7, 11) is 2.06. The molecule has 0 spiro atoms. The number of pyridine rings is 1. The van der Waals surface area contributed by atoms with Crippen LogP contribution in [0, 0.1) is 6.92 Å². The second-order valence-corrected chi connectivity index (χ2v) is 6.60. The second kappa shape index (κ2) is 8.59. The zero-order chi connectivity index (χ0) is 19.2. The minimum atomic E-state index is 0.250. The third-order valence-electron chi connectivity index (χ3n) is 4.89. The van der Waals surface area contributed by atoms with E-state index in [0.29, 0.717) is 11.9 Å². The van der Waals surface area contributed by atoms with Gasteiger partial charge >= 0.3 is 0 Å². The zero-order valence-corrected chi connectivity index (χ0v) is 15.6. The van der Waals surface area contributed by atoms with Crippen molar-refractivity contribution in [3.63, 3.8) is 0 Å². The number of hydrogen-bond donors (Lipinski definition) is 3. The van der Waals surface area contributed by atoms with Gasteiger partial charge in [-0.25, -0.2) is 15.0 Å². The second-order valence-electron chi connectivity index (χ2n) is 6.60. The highest BCUT2D eigenvalue weighted by molar-refractivity contribution is 5.83. The number of nitrogens with two attached hydrogens (primary N) is 1. The molecule has 8 nitrogen and oxygen atoms in total. The van der Waals surface area contributed by atoms with Crippen LogP contribution in [0.25, 0.3) is 10.9 Å². The summed E-state index contributed by atoms with van der Waals surface area (Å²) >= 11 is 0. The van der Waals surface area contributed by atoms with Gasteiger partial charge in [0.15, 0.2) is 0 Å². The van der Waals surface area contributed by atoms with E-state index < -0.39 is 0 Å². The van der Waals surface area contributed by atoms with Crippen LogP contribution in [-0.2, 0) is 11.8 Å². The lowest BCUT2D eigenvalue weighted by molar-refractivity contribution is -0.106. The maximum absolute atomic E-state index is 8.58. The van der Waals surface area contributed by atoms with Crippen LogP contribution >= 0.6 is 0 Å². The first-order valence-corrected chi connectivity index (χ1v) is 8.99. The molecule has 0 aromatic carbocycles. The summed E-state index contributed by atoms with van der Waals surface area (Å²) in [5.41, 5.74) is 7.76. The third-order valence-corrected chi connectivity index (χ3v) is 4.89. The van der Waals surface area contributed by atoms with Crippen molar-refractivity contribution >= 4 is 29.1 Å². The highest BCUT2D eigenvalue weighted by Gasteiger charge is 2.16. The summed E-state index contributed by atoms with van der Waals surface area (Å²) < 4.78 is 2.16. The molecule has 27 heavy (non-hydrogen) atoms. The van der Waals surface area contributed by atoms with Crippen molar-refractivity contribution in [2.24, 2.45) is 12.8 Å². The molecule has 1 fully saturated rings. The molecule has 142 valence electrons. The van der Waals surface area contributed by atoms with Crippen molar-refractivity contribution in [3.05, 3.63) is 42.0 Å². The number of nitrogens with zero attached hydrogens (tertiary/aromatic N) is 4. The summed E-state index contributed by atoms with van der Waals surface area (Å²) in [5, 5.41) is 7.73. The number of carbonyl (C=O) groups is 1. The third kappa shape index (κ3) is 4.40. The molecule has 4 heterocycles. The largest absolute Gasteiger partial charge is 0.372 e. The van der Waals surface area contributed by atoms with Gasteiger partial charge in [0, 0.05) is 42.8 Å². The Kier molecular flexibility index (Phi) is 5.97. The molecule has 0 atom stereocenters. The van der Waals surface area contributed by atoms with Crippen molar-refractivity contribution in [2.45, 2.75) is 25.7 Å². The molecule has 1 aliphatic heterocycles. The highest BCUT2D eigenvalue weighted by atomic mass is 16.1. The molecule has 0 radical (unpaired) electrons. The molecule has 1 saturated heterocycles. The van der Waals surface area contributed by atoms with Gasteiger partial charge in [0.1, 0.15) is 5.82 Å². The Labute approximate surface area is 158 Å². The minimum absolute atomic E-state index is 0.250. The fraction of sp³-hybridized carbons (Fsp3) is 0.368. The van der Waals surface area contributed by atoms with Crippen LogP contribution in [0.1, 0.15) is 30.0 Å². The first-order chi connectivity index (χ1) is 13.1. The number of rotatable bonds is 3. The lowest BCUT2D eigenvalue weighted by Crippen LogP contribution is -2.26. The van der Waals surface area contributed by atoms with E-state index in [1.165, 1.54) is 11.3 Å². The molecule has 4 N–H and O–H groups in total. The van der Waals surface area contributed by atoms with E-state index in [9.17, 15) is 0 Å². The average Bonchev–Trinajstić information content (AvgIpc) is 2.98. The van der Waals surface area contributed by atoms with Gasteiger partial charge in [0.25, 0.3) is 0 Å². The Morgan fingerprint density at radius 3 is 2.52 bits per heavy atom. The van der Waals surface area contributed by atoms with E-state index >= 15 is 0 Å². The van der Waals surface area contributed by atoms with Crippen LogP contribution in [0.3, 0.4) is 0 Å². The van der Waals surface area contributed by atoms with Crippen molar-refractivity contribution < 1.29 is 4.79 Å². The number of piperidine rings is 1. The summed E-state index contributed by atoms with van der Waals surface area (Å²) in [6.45, 7) is 4.24. The molecule has 1 aliphatic rings. The average molecular weight is 367 g/mol. The number of hydrogen-bond acceptors (Lipinski definition) is 6. The molecule has 0 unspecified atom stereocenters. The van der Waals surface area contributed by atoms with Gasteiger partial charge in [0.2, 0.25) is 12.4 Å². The van der Waals surface area contributed by atoms with Crippen LogP contribution in [0.2, 0.25) is 0 Å². The van der Waals surface area contributed by atoms with E-state index in [1.54, 1.807) is 0 Å². The summed E-state index contributed by atoms with van der Waals surface area (Å²) in [6.07, 6.45) is 8.32. The van der Waals surface area contributed by atoms with Gasteiger partial charge in [0.05, 0.1) is 5.52 Å². The fourth-order valence-corrected chi connectivity index (χ4v) is 3.32. The quantitative estimate of drug-likeness (QED) is 0.611. The van der Waals surface area contributed by atoms with E-state index in [4.69, 9.17) is 4.79 Å². The Morgan fingerprint density at radius 1 is 1.19 bits per heavy atom. The van der Waals surface area contributed by atoms with E-state index in [0.717, 1.165) is 42.7 Å². The first-order valence-electron chi connectivity index (χ1n) is 8.99. The van der Waals surface area contributed by atoms with Crippen molar-refractivity contribution in [3.8, 4) is 0 Å². The molecular formula is C19H25N7O. The van der Waals surface area contributed by atoms with Crippen molar-refractivity contribution in [1.82, 2.24) is 24.8 Å². The normalized spacial score (nSPS) is 14.4. The number of aromatic nitrogens is 4. The standard InChI is InChI=1S/C18H22N6.CH3NO/c1-12-7-14-9-20-17(8-16(14)24(12)2)23-18-21-10-15(11-22-18)13-3-5-19-6-4-13;2-1-3/h7-11,13,19H,3-6H2,1-2H3,(H,20,21,22,23);1H,(H2,2,3). The highest BCUT2D eigenvalue weighted by Crippen LogP contribution is 2.25. The molecule has 1 amide bonds. The number of anilines is 2. The zero-order valence-electron chi connectivity index (χ0n) is 15.6. The predicted octanol–water partition coefficient (Wildman–Crippen LogP) is 1.98. The molecule has 0 saturated carbocycles. The number of fused-ring (bicyclic) bond motifs is 1. The Balaban J connectivity index is 0.000000659. The molecule has 0 aliphatic carbocycles. The van der Waals surface area contributed by atoms with Crippen LogP contribution in [-0.4, -0.2) is 39.0 Å². The summed E-state index contributed by atoms with van der Waals surface area (Å²) in [5.74, 6) is 1.92. The SMILES string of the molecule is Cc1cc2cnc(Nc3ncc(C4CCNCC4)cn3)cc2n1C.NC=O. The number of aryl methyl sites for hydroxylation is 2. The lowest BCUT2D eigenvalue weighted by atomic mass is 9.92. The fourth-order valence-electron chi connectivity index (χ4n) is 3.32. The maximum Gasteiger partial charge on any atom is 0.228 e. The van der Waals surface area contributed by atoms with Crippen LogP contribution < -0.4 is 16.4 Å². The molecule has 3 aromatic heterocycles. The van der Waals surface area contributed by atoms with E-state index in [-0.39, 0.29) is 6.41 Å². The van der Waals surface area contributed by atoms with Crippen molar-refractivity contribution in [1.29, 1.82) is 0 Å². The number of amides is 1. The maximum atomic E-state index is 8.58. The molecule has 0 bridgehead atoms. The van der Waals surface area contributed by atoms with Crippen molar-refractivity contribution in [2.75, 3.05) is 18.4 Å². The number of primary amides is 1. The van der Waals surface area contributed by atoms with Crippen LogP contribution in [0.15, 0.2) is 30.7 Å². The van der Waals surface area contributed by atoms with Gasteiger partial charge in [-0.15, -0.1) is 0 Å². The van der Waals surface area contributed by atoms with Gasteiger partial charge in [-0.1, -0.05) is 0 Å². The van der Waals surface area contributed by atoms with Crippen LogP contribution in [0.4, 0.5) is 11.8 Å². The van der Waals surface area contributed by atoms with Gasteiger partial charge in [-0.05, 0) is 50.4 Å². The Bertz CT molecular complexity index is 898. The molecule has 4 rings (SSSR count). The van der Waals surface area contributed by atoms with Gasteiger partial charge < -0.3 is 20.9 Å². The topological polar surface area (TPSA) is 111 Å². The summed E-state index contributed by atoms with van der Waals surface area (Å²) in [6, 6.07) is 4.17. The molecule has 8 heteroatoms. The molecular weight excluding hydrogens is 342 g/mol.